The first-order valence-corrected chi connectivity index (χ1v) is 10.1. The van der Waals surface area contributed by atoms with Gasteiger partial charge < -0.3 is 9.32 Å². The summed E-state index contributed by atoms with van der Waals surface area (Å²) in [5.41, 5.74) is 2.38. The number of aryl methyl sites for hydroxylation is 3. The molecular formula is C20H25Cl2N3O2S. The van der Waals surface area contributed by atoms with Crippen molar-refractivity contribution in [1.82, 2.24) is 9.88 Å². The van der Waals surface area contributed by atoms with Crippen LogP contribution in [0.25, 0.3) is 10.2 Å². The van der Waals surface area contributed by atoms with Crippen LogP contribution in [-0.4, -0.2) is 43.0 Å². The first-order valence-electron chi connectivity index (χ1n) is 8.87. The number of nitrogens with zero attached hydrogens (tertiary/aromatic N) is 3. The molecule has 0 N–H and O–H groups in total. The SMILES string of the molecule is Cc1cc(C(=O)N(CCCN(C)C)c2nc3c(C)c(Cl)ccc3s2)c(C)o1.Cl. The van der Waals surface area contributed by atoms with Crippen LogP contribution >= 0.6 is 35.3 Å². The van der Waals surface area contributed by atoms with E-state index in [2.05, 4.69) is 4.90 Å². The maximum atomic E-state index is 13.3. The Labute approximate surface area is 180 Å². The number of carbonyl (C=O) groups excluding carboxylic acids is 1. The molecule has 0 bridgehead atoms. The highest BCUT2D eigenvalue weighted by molar-refractivity contribution is 7.22. The Morgan fingerprint density at radius 2 is 1.93 bits per heavy atom. The van der Waals surface area contributed by atoms with Crippen LogP contribution in [0.4, 0.5) is 5.13 Å². The number of thiazole rings is 1. The van der Waals surface area contributed by atoms with Crippen molar-refractivity contribution in [3.05, 3.63) is 45.9 Å². The molecule has 152 valence electrons. The summed E-state index contributed by atoms with van der Waals surface area (Å²) in [4.78, 5) is 21.9. The van der Waals surface area contributed by atoms with Crippen LogP contribution in [0.2, 0.25) is 5.02 Å². The highest BCUT2D eigenvalue weighted by Crippen LogP contribution is 2.34. The number of rotatable bonds is 6. The third-order valence-electron chi connectivity index (χ3n) is 4.47. The Kier molecular flexibility index (Phi) is 7.51. The number of amides is 1. The molecule has 2 aromatic heterocycles. The summed E-state index contributed by atoms with van der Waals surface area (Å²) in [6.45, 7) is 7.11. The predicted molar refractivity (Wildman–Crippen MR) is 120 cm³/mol. The number of hydrogen-bond donors (Lipinski definition) is 0. The van der Waals surface area contributed by atoms with E-state index in [0.29, 0.717) is 28.0 Å². The third kappa shape index (κ3) is 4.69. The zero-order valence-corrected chi connectivity index (χ0v) is 19.1. The molecule has 28 heavy (non-hydrogen) atoms. The van der Waals surface area contributed by atoms with Gasteiger partial charge in [-0.05, 0) is 71.6 Å². The van der Waals surface area contributed by atoms with Crippen molar-refractivity contribution in [2.24, 2.45) is 0 Å². The van der Waals surface area contributed by atoms with E-state index >= 15 is 0 Å². The van der Waals surface area contributed by atoms with Crippen molar-refractivity contribution in [1.29, 1.82) is 0 Å². The molecule has 1 amide bonds. The number of benzene rings is 1. The van der Waals surface area contributed by atoms with Crippen LogP contribution < -0.4 is 4.90 Å². The average molecular weight is 442 g/mol. The van der Waals surface area contributed by atoms with Crippen LogP contribution in [0.5, 0.6) is 0 Å². The first kappa shape index (κ1) is 22.7. The topological polar surface area (TPSA) is 49.6 Å². The van der Waals surface area contributed by atoms with Gasteiger partial charge in [0.15, 0.2) is 5.13 Å². The maximum absolute atomic E-state index is 13.3. The van der Waals surface area contributed by atoms with Gasteiger partial charge in [0.25, 0.3) is 5.91 Å². The Morgan fingerprint density at radius 1 is 1.21 bits per heavy atom. The fourth-order valence-corrected chi connectivity index (χ4v) is 4.22. The highest BCUT2D eigenvalue weighted by atomic mass is 35.5. The van der Waals surface area contributed by atoms with Crippen molar-refractivity contribution in [2.45, 2.75) is 27.2 Å². The molecule has 0 atom stereocenters. The number of aromatic nitrogens is 1. The smallest absolute Gasteiger partial charge is 0.263 e. The summed E-state index contributed by atoms with van der Waals surface area (Å²) in [7, 11) is 4.05. The van der Waals surface area contributed by atoms with E-state index in [9.17, 15) is 4.79 Å². The summed E-state index contributed by atoms with van der Waals surface area (Å²) in [6.07, 6.45) is 0.851. The average Bonchev–Trinajstić information content (AvgIpc) is 3.17. The lowest BCUT2D eigenvalue weighted by molar-refractivity contribution is 0.0984. The molecule has 0 aliphatic heterocycles. The number of furan rings is 1. The summed E-state index contributed by atoms with van der Waals surface area (Å²) in [6, 6.07) is 5.64. The van der Waals surface area contributed by atoms with Gasteiger partial charge in [-0.15, -0.1) is 12.4 Å². The predicted octanol–water partition coefficient (Wildman–Crippen LogP) is 5.49. The van der Waals surface area contributed by atoms with E-state index in [4.69, 9.17) is 21.0 Å². The van der Waals surface area contributed by atoms with Gasteiger partial charge in [0.05, 0.1) is 15.8 Å². The molecule has 0 saturated carbocycles. The van der Waals surface area contributed by atoms with Gasteiger partial charge in [-0.25, -0.2) is 4.98 Å². The lowest BCUT2D eigenvalue weighted by Crippen LogP contribution is -2.33. The van der Waals surface area contributed by atoms with Crippen LogP contribution in [0, 0.1) is 20.8 Å². The van der Waals surface area contributed by atoms with Gasteiger partial charge in [-0.3, -0.25) is 9.69 Å². The summed E-state index contributed by atoms with van der Waals surface area (Å²) in [5.74, 6) is 1.29. The minimum Gasteiger partial charge on any atom is -0.466 e. The number of anilines is 1. The fraction of sp³-hybridized carbons (Fsp3) is 0.400. The van der Waals surface area contributed by atoms with E-state index in [0.717, 1.165) is 34.5 Å². The minimum absolute atomic E-state index is 0. The monoisotopic (exact) mass is 441 g/mol. The lowest BCUT2D eigenvalue weighted by atomic mass is 10.2. The Bertz CT molecular complexity index is 981. The maximum Gasteiger partial charge on any atom is 0.263 e. The highest BCUT2D eigenvalue weighted by Gasteiger charge is 2.25. The molecular weight excluding hydrogens is 417 g/mol. The van der Waals surface area contributed by atoms with Crippen LogP contribution in [0.1, 0.15) is 33.9 Å². The number of carbonyl (C=O) groups is 1. The quantitative estimate of drug-likeness (QED) is 0.507. The van der Waals surface area contributed by atoms with Gasteiger partial charge in [0, 0.05) is 11.6 Å². The number of hydrogen-bond acceptors (Lipinski definition) is 5. The van der Waals surface area contributed by atoms with Crippen molar-refractivity contribution >= 4 is 56.6 Å². The molecule has 0 fully saturated rings. The standard InChI is InChI=1S/C20H24ClN3O2S.ClH/c1-12-11-15(14(3)26-12)19(25)24(10-6-9-23(4)5)20-22-18-13(2)16(21)7-8-17(18)27-20;/h7-8,11H,6,9-10H2,1-5H3;1H. The molecule has 0 unspecified atom stereocenters. The first-order chi connectivity index (χ1) is 12.8. The number of fused-ring (bicyclic) bond motifs is 1. The zero-order chi connectivity index (χ0) is 19.7. The van der Waals surface area contributed by atoms with E-state index < -0.39 is 0 Å². The van der Waals surface area contributed by atoms with Gasteiger partial charge >= 0.3 is 0 Å². The fourth-order valence-electron chi connectivity index (χ4n) is 3.02. The second-order valence-corrected chi connectivity index (χ2v) is 8.37. The summed E-state index contributed by atoms with van der Waals surface area (Å²) >= 11 is 7.76. The molecule has 0 saturated heterocycles. The molecule has 3 aromatic rings. The van der Waals surface area contributed by atoms with Gasteiger partial charge in [-0.1, -0.05) is 22.9 Å². The van der Waals surface area contributed by atoms with Crippen molar-refractivity contribution in [2.75, 3.05) is 32.1 Å². The number of halogens is 2. The normalized spacial score (nSPS) is 11.1. The molecule has 5 nitrogen and oxygen atoms in total. The molecule has 0 radical (unpaired) electrons. The second kappa shape index (κ2) is 9.27. The Hall–Kier alpha value is -1.60. The lowest BCUT2D eigenvalue weighted by Gasteiger charge is -2.20. The van der Waals surface area contributed by atoms with Gasteiger partial charge in [0.2, 0.25) is 0 Å². The van der Waals surface area contributed by atoms with Gasteiger partial charge in [-0.2, -0.15) is 0 Å². The molecule has 8 heteroatoms. The molecule has 2 heterocycles. The largest absolute Gasteiger partial charge is 0.466 e. The van der Waals surface area contributed by atoms with Crippen LogP contribution in [0.15, 0.2) is 22.6 Å². The second-order valence-electron chi connectivity index (χ2n) is 6.96. The van der Waals surface area contributed by atoms with E-state index in [1.807, 2.05) is 47.0 Å². The molecule has 0 aliphatic rings. The Morgan fingerprint density at radius 3 is 2.54 bits per heavy atom. The van der Waals surface area contributed by atoms with Crippen molar-refractivity contribution < 1.29 is 9.21 Å². The van der Waals surface area contributed by atoms with E-state index in [1.54, 1.807) is 11.0 Å². The molecule has 3 rings (SSSR count). The van der Waals surface area contributed by atoms with Crippen molar-refractivity contribution in [3.63, 3.8) is 0 Å². The van der Waals surface area contributed by atoms with E-state index in [-0.39, 0.29) is 18.3 Å². The molecule has 0 aliphatic carbocycles. The summed E-state index contributed by atoms with van der Waals surface area (Å²) < 4.78 is 6.59. The molecule has 0 spiro atoms. The van der Waals surface area contributed by atoms with Crippen molar-refractivity contribution in [3.8, 4) is 0 Å². The van der Waals surface area contributed by atoms with Crippen LogP contribution in [0.3, 0.4) is 0 Å². The summed E-state index contributed by atoms with van der Waals surface area (Å²) in [5, 5.41) is 1.38. The third-order valence-corrected chi connectivity index (χ3v) is 5.92. The zero-order valence-electron chi connectivity index (χ0n) is 16.7. The Balaban J connectivity index is 0.00000280. The van der Waals surface area contributed by atoms with Crippen LogP contribution in [-0.2, 0) is 0 Å². The molecule has 1 aromatic carbocycles. The van der Waals surface area contributed by atoms with Gasteiger partial charge in [0.1, 0.15) is 11.5 Å². The van der Waals surface area contributed by atoms with E-state index in [1.165, 1.54) is 11.3 Å². The minimum atomic E-state index is -0.0779.